The summed E-state index contributed by atoms with van der Waals surface area (Å²) in [6, 6.07) is 10.0. The first-order valence-corrected chi connectivity index (χ1v) is 8.56. The largest absolute Gasteiger partial charge is 0.380 e. The maximum Gasteiger partial charge on any atom is 0.252 e. The van der Waals surface area contributed by atoms with Crippen molar-refractivity contribution in [1.29, 1.82) is 0 Å². The third-order valence-electron chi connectivity index (χ3n) is 4.11. The highest BCUT2D eigenvalue weighted by atomic mass is 16.1. The fourth-order valence-corrected chi connectivity index (χ4v) is 2.69. The summed E-state index contributed by atoms with van der Waals surface area (Å²) in [5.41, 5.74) is 10.3. The van der Waals surface area contributed by atoms with E-state index < -0.39 is 5.91 Å². The van der Waals surface area contributed by atoms with Crippen molar-refractivity contribution in [2.24, 2.45) is 5.73 Å². The van der Waals surface area contributed by atoms with Gasteiger partial charge in [-0.15, -0.1) is 0 Å². The van der Waals surface area contributed by atoms with Crippen LogP contribution >= 0.6 is 0 Å². The molecule has 0 radical (unpaired) electrons. The maximum atomic E-state index is 11.8. The number of pyridine rings is 1. The fraction of sp³-hybridized carbons (Fsp3) is 0.200. The quantitative estimate of drug-likeness (QED) is 0.669. The summed E-state index contributed by atoms with van der Waals surface area (Å²) >= 11 is 0. The molecule has 27 heavy (non-hydrogen) atoms. The topological polar surface area (TPSA) is 97.0 Å². The Bertz CT molecular complexity index is 927. The molecule has 0 bridgehead atoms. The Morgan fingerprint density at radius 1 is 1.11 bits per heavy atom. The summed E-state index contributed by atoms with van der Waals surface area (Å²) in [5.74, 6) is -0.516. The summed E-state index contributed by atoms with van der Waals surface area (Å²) in [6.45, 7) is 0.566. The van der Waals surface area contributed by atoms with Crippen molar-refractivity contribution >= 4 is 17.3 Å². The molecule has 0 unspecified atom stereocenters. The second-order valence-electron chi connectivity index (χ2n) is 6.38. The molecule has 3 N–H and O–H groups in total. The zero-order valence-electron chi connectivity index (χ0n) is 15.4. The number of hydrogen-bond donors (Lipinski definition) is 2. The Labute approximate surface area is 158 Å². The number of nitrogens with one attached hydrogen (secondary N) is 1. The first-order chi connectivity index (χ1) is 13.0. The van der Waals surface area contributed by atoms with Gasteiger partial charge in [0.2, 0.25) is 0 Å². The van der Waals surface area contributed by atoms with Crippen LogP contribution in [0.5, 0.6) is 0 Å². The average Bonchev–Trinajstić information content (AvgIpc) is 2.67. The van der Waals surface area contributed by atoms with Crippen LogP contribution in [0.1, 0.15) is 27.3 Å². The van der Waals surface area contributed by atoms with Crippen LogP contribution in [0, 0.1) is 0 Å². The SMILES string of the molecule is CN(C)c1cccc(CNc2cc(Cc3cnccn3)ncc2C(N)=O)c1. The molecule has 0 spiro atoms. The van der Waals surface area contributed by atoms with Gasteiger partial charge in [-0.2, -0.15) is 0 Å². The van der Waals surface area contributed by atoms with Gasteiger partial charge in [0.15, 0.2) is 0 Å². The third kappa shape index (κ3) is 4.78. The van der Waals surface area contributed by atoms with Gasteiger partial charge in [0.25, 0.3) is 5.91 Å². The molecule has 0 saturated heterocycles. The number of rotatable bonds is 7. The predicted octanol–water partition coefficient (Wildman–Crippen LogP) is 2.24. The number of primary amides is 1. The average molecular weight is 362 g/mol. The number of carbonyl (C=O) groups is 1. The first kappa shape index (κ1) is 18.3. The number of nitrogens with zero attached hydrogens (tertiary/aromatic N) is 4. The van der Waals surface area contributed by atoms with E-state index in [4.69, 9.17) is 5.73 Å². The zero-order chi connectivity index (χ0) is 19.2. The molecule has 0 atom stereocenters. The van der Waals surface area contributed by atoms with E-state index >= 15 is 0 Å². The van der Waals surface area contributed by atoms with E-state index in [-0.39, 0.29) is 0 Å². The number of aromatic nitrogens is 3. The predicted molar refractivity (Wildman–Crippen MR) is 106 cm³/mol. The lowest BCUT2D eigenvalue weighted by Crippen LogP contribution is -2.16. The summed E-state index contributed by atoms with van der Waals surface area (Å²) < 4.78 is 0. The van der Waals surface area contributed by atoms with Gasteiger partial charge in [-0.1, -0.05) is 12.1 Å². The fourth-order valence-electron chi connectivity index (χ4n) is 2.69. The molecule has 3 aromatic rings. The van der Waals surface area contributed by atoms with Crippen LogP contribution in [0.15, 0.2) is 55.1 Å². The number of nitrogens with two attached hydrogens (primary N) is 1. The minimum atomic E-state index is -0.516. The standard InChI is InChI=1S/C20H22N6O/c1-26(2)17-5-3-4-14(8-17)11-25-19-10-15(24-13-18(19)20(21)27)9-16-12-22-6-7-23-16/h3-8,10,12-13H,9,11H2,1-2H3,(H2,21,27)(H,24,25). The summed E-state index contributed by atoms with van der Waals surface area (Å²) in [5, 5.41) is 3.31. The van der Waals surface area contributed by atoms with Crippen LogP contribution in [0.25, 0.3) is 0 Å². The van der Waals surface area contributed by atoms with Crippen molar-refractivity contribution in [3.63, 3.8) is 0 Å². The Morgan fingerprint density at radius 3 is 2.67 bits per heavy atom. The molecule has 138 valence electrons. The lowest BCUT2D eigenvalue weighted by molar-refractivity contribution is 0.100. The zero-order valence-corrected chi connectivity index (χ0v) is 15.4. The van der Waals surface area contributed by atoms with Crippen LogP contribution in [0.2, 0.25) is 0 Å². The monoisotopic (exact) mass is 362 g/mol. The maximum absolute atomic E-state index is 11.8. The van der Waals surface area contributed by atoms with E-state index in [0.717, 1.165) is 22.6 Å². The Morgan fingerprint density at radius 2 is 1.96 bits per heavy atom. The van der Waals surface area contributed by atoms with Gasteiger partial charge in [-0.05, 0) is 23.8 Å². The lowest BCUT2D eigenvalue weighted by atomic mass is 10.1. The molecule has 7 nitrogen and oxygen atoms in total. The van der Waals surface area contributed by atoms with Gasteiger partial charge < -0.3 is 16.0 Å². The first-order valence-electron chi connectivity index (χ1n) is 8.56. The molecular formula is C20H22N6O. The van der Waals surface area contributed by atoms with E-state index in [2.05, 4.69) is 26.3 Å². The van der Waals surface area contributed by atoms with Crippen molar-refractivity contribution in [2.45, 2.75) is 13.0 Å². The highest BCUT2D eigenvalue weighted by molar-refractivity contribution is 5.98. The van der Waals surface area contributed by atoms with Crippen LogP contribution in [-0.2, 0) is 13.0 Å². The molecule has 0 aliphatic carbocycles. The normalized spacial score (nSPS) is 10.4. The summed E-state index contributed by atoms with van der Waals surface area (Å²) in [6.07, 6.45) is 7.00. The minimum absolute atomic E-state index is 0.363. The lowest BCUT2D eigenvalue weighted by Gasteiger charge is -2.15. The number of carbonyl (C=O) groups excluding carboxylic acids is 1. The minimum Gasteiger partial charge on any atom is -0.380 e. The molecule has 0 saturated carbocycles. The molecule has 7 heteroatoms. The van der Waals surface area contributed by atoms with Crippen molar-refractivity contribution < 1.29 is 4.79 Å². The molecule has 3 rings (SSSR count). The Hall–Kier alpha value is -3.48. The van der Waals surface area contributed by atoms with Crippen LogP contribution < -0.4 is 16.0 Å². The summed E-state index contributed by atoms with van der Waals surface area (Å²) in [7, 11) is 4.00. The molecular weight excluding hydrogens is 340 g/mol. The second kappa shape index (κ2) is 8.27. The van der Waals surface area contributed by atoms with Gasteiger partial charge in [0.05, 0.1) is 16.9 Å². The molecule has 1 amide bonds. The number of benzene rings is 1. The van der Waals surface area contributed by atoms with Crippen molar-refractivity contribution in [3.05, 3.63) is 77.6 Å². The van der Waals surface area contributed by atoms with Gasteiger partial charge in [-0.25, -0.2) is 0 Å². The molecule has 0 aliphatic rings. The van der Waals surface area contributed by atoms with Gasteiger partial charge >= 0.3 is 0 Å². The van der Waals surface area contributed by atoms with E-state index in [1.54, 1.807) is 18.6 Å². The van der Waals surface area contributed by atoms with Gasteiger partial charge in [0, 0.05) is 63.2 Å². The Kier molecular flexibility index (Phi) is 5.61. The van der Waals surface area contributed by atoms with Crippen LogP contribution in [0.3, 0.4) is 0 Å². The molecule has 1 aromatic carbocycles. The molecule has 2 aromatic heterocycles. The number of hydrogen-bond acceptors (Lipinski definition) is 6. The van der Waals surface area contributed by atoms with E-state index in [9.17, 15) is 4.79 Å². The highest BCUT2D eigenvalue weighted by Crippen LogP contribution is 2.19. The number of anilines is 2. The van der Waals surface area contributed by atoms with E-state index in [1.807, 2.05) is 43.3 Å². The number of amides is 1. The molecule has 0 aliphatic heterocycles. The van der Waals surface area contributed by atoms with Crippen molar-refractivity contribution in [3.8, 4) is 0 Å². The highest BCUT2D eigenvalue weighted by Gasteiger charge is 2.11. The van der Waals surface area contributed by atoms with Crippen molar-refractivity contribution in [2.75, 3.05) is 24.3 Å². The van der Waals surface area contributed by atoms with Crippen molar-refractivity contribution in [1.82, 2.24) is 15.0 Å². The van der Waals surface area contributed by atoms with E-state index in [0.29, 0.717) is 24.2 Å². The Balaban J connectivity index is 1.81. The van der Waals surface area contributed by atoms with Crippen LogP contribution in [0.4, 0.5) is 11.4 Å². The smallest absolute Gasteiger partial charge is 0.252 e. The van der Waals surface area contributed by atoms with Gasteiger partial charge in [0.1, 0.15) is 0 Å². The van der Waals surface area contributed by atoms with Gasteiger partial charge in [-0.3, -0.25) is 19.7 Å². The van der Waals surface area contributed by atoms with E-state index in [1.165, 1.54) is 6.20 Å². The summed E-state index contributed by atoms with van der Waals surface area (Å²) in [4.78, 5) is 26.5. The molecule has 0 fully saturated rings. The third-order valence-corrected chi connectivity index (χ3v) is 4.11. The van der Waals surface area contributed by atoms with Crippen LogP contribution in [-0.4, -0.2) is 35.0 Å². The molecule has 2 heterocycles. The second-order valence-corrected chi connectivity index (χ2v) is 6.38.